The zero-order valence-electron chi connectivity index (χ0n) is 16.3. The van der Waals surface area contributed by atoms with E-state index in [0.29, 0.717) is 26.8 Å². The summed E-state index contributed by atoms with van der Waals surface area (Å²) in [5.74, 6) is -0.469. The van der Waals surface area contributed by atoms with Crippen LogP contribution in [-0.2, 0) is 4.79 Å². The molecule has 4 rings (SSSR count). The summed E-state index contributed by atoms with van der Waals surface area (Å²) in [5, 5.41) is 1.02. The predicted molar refractivity (Wildman–Crippen MR) is 123 cm³/mol. The summed E-state index contributed by atoms with van der Waals surface area (Å²) in [4.78, 5) is 34.3. The van der Waals surface area contributed by atoms with Crippen molar-refractivity contribution in [1.82, 2.24) is 0 Å². The Morgan fingerprint density at radius 2 is 1.30 bits per heavy atom. The second kappa shape index (κ2) is 8.84. The largest absolute Gasteiger partial charge is 0.288 e. The van der Waals surface area contributed by atoms with Crippen LogP contribution in [0.3, 0.4) is 0 Å². The molecule has 0 radical (unpaired) electrons. The summed E-state index contributed by atoms with van der Waals surface area (Å²) in [7, 11) is 0. The first kappa shape index (κ1) is 19.7. The van der Waals surface area contributed by atoms with Crippen LogP contribution in [-0.4, -0.2) is 21.8 Å². The van der Waals surface area contributed by atoms with Crippen LogP contribution >= 0.6 is 11.8 Å². The summed E-state index contributed by atoms with van der Waals surface area (Å²) < 4.78 is 0. The molecule has 1 aliphatic rings. The number of Topliss-reactive ketones (excluding diaryl/α,β-unsaturated/α-hetero) is 1. The zero-order chi connectivity index (χ0) is 20.9. The predicted octanol–water partition coefficient (Wildman–Crippen LogP) is 5.75. The second-order valence-corrected chi connectivity index (χ2v) is 7.58. The number of carbonyl (C=O) groups is 2. The number of aliphatic imine (C=N–C) groups is 2. The van der Waals surface area contributed by atoms with Crippen LogP contribution in [0.15, 0.2) is 107 Å². The molecule has 3 aromatic rings. The van der Waals surface area contributed by atoms with Gasteiger partial charge in [-0.25, -0.2) is 9.98 Å². The maximum Gasteiger partial charge on any atom is 0.243 e. The highest BCUT2D eigenvalue weighted by atomic mass is 32.2. The highest BCUT2D eigenvalue weighted by Crippen LogP contribution is 2.40. The van der Waals surface area contributed by atoms with E-state index >= 15 is 0 Å². The van der Waals surface area contributed by atoms with E-state index in [1.54, 1.807) is 12.1 Å². The number of carbonyl (C=O) groups excluding carboxylic acids is 2. The Labute approximate surface area is 179 Å². The van der Waals surface area contributed by atoms with E-state index < -0.39 is 0 Å². The van der Waals surface area contributed by atoms with Gasteiger partial charge < -0.3 is 0 Å². The molecule has 0 saturated carbocycles. The van der Waals surface area contributed by atoms with Crippen molar-refractivity contribution in [3.8, 4) is 0 Å². The first-order valence-electron chi connectivity index (χ1n) is 9.44. The van der Waals surface area contributed by atoms with Gasteiger partial charge in [0.15, 0.2) is 5.78 Å². The van der Waals surface area contributed by atoms with Gasteiger partial charge in [-0.1, -0.05) is 78.9 Å². The van der Waals surface area contributed by atoms with E-state index in [9.17, 15) is 9.59 Å². The number of ketones is 1. The van der Waals surface area contributed by atoms with E-state index in [1.807, 2.05) is 78.9 Å². The first-order valence-corrected chi connectivity index (χ1v) is 10.3. The normalized spacial score (nSPS) is 16.3. The third-order valence-corrected chi connectivity index (χ3v) is 5.42. The lowest BCUT2D eigenvalue weighted by Gasteiger charge is -2.07. The van der Waals surface area contributed by atoms with Gasteiger partial charge in [0.1, 0.15) is 10.1 Å². The molecule has 0 atom stereocenters. The minimum atomic E-state index is -0.321. The average Bonchev–Trinajstić information content (AvgIpc) is 3.11. The lowest BCUT2D eigenvalue weighted by Crippen LogP contribution is -2.10. The van der Waals surface area contributed by atoms with Gasteiger partial charge in [-0.05, 0) is 29.5 Å². The maximum atomic E-state index is 13.6. The number of hydrogen-bond acceptors (Lipinski definition) is 4. The van der Waals surface area contributed by atoms with Crippen LogP contribution in [0.4, 0.5) is 5.69 Å². The van der Waals surface area contributed by atoms with E-state index in [2.05, 4.69) is 4.99 Å². The lowest BCUT2D eigenvalue weighted by molar-refractivity contribution is -0.115. The van der Waals surface area contributed by atoms with Crippen molar-refractivity contribution in [2.24, 2.45) is 9.98 Å². The Bertz CT molecular complexity index is 1180. The lowest BCUT2D eigenvalue weighted by atomic mass is 9.95. The van der Waals surface area contributed by atoms with Gasteiger partial charge in [0, 0.05) is 18.1 Å². The van der Waals surface area contributed by atoms with Crippen molar-refractivity contribution in [2.75, 3.05) is 0 Å². The van der Waals surface area contributed by atoms with E-state index in [-0.39, 0.29) is 11.7 Å². The van der Waals surface area contributed by atoms with Crippen molar-refractivity contribution < 1.29 is 9.59 Å². The second-order valence-electron chi connectivity index (χ2n) is 6.60. The quantitative estimate of drug-likeness (QED) is 0.515. The average molecular weight is 410 g/mol. The molecule has 146 valence electrons. The topological polar surface area (TPSA) is 58.9 Å². The molecule has 1 heterocycles. The molecule has 5 heteroatoms. The summed E-state index contributed by atoms with van der Waals surface area (Å²) in [6.07, 6.45) is 0. The van der Waals surface area contributed by atoms with Gasteiger partial charge in [0.05, 0.1) is 11.3 Å². The Morgan fingerprint density at radius 1 is 0.733 bits per heavy atom. The summed E-state index contributed by atoms with van der Waals surface area (Å²) in [6, 6.07) is 28.1. The number of para-hydroxylation sites is 1. The Morgan fingerprint density at radius 3 is 1.90 bits per heavy atom. The Balaban J connectivity index is 1.98. The van der Waals surface area contributed by atoms with Crippen LogP contribution in [0.5, 0.6) is 0 Å². The van der Waals surface area contributed by atoms with Gasteiger partial charge in [-0.3, -0.25) is 9.59 Å². The molecular formula is C25H18N2O2S. The van der Waals surface area contributed by atoms with Gasteiger partial charge in [0.25, 0.3) is 0 Å². The smallest absolute Gasteiger partial charge is 0.243 e. The van der Waals surface area contributed by atoms with Crippen molar-refractivity contribution in [3.63, 3.8) is 0 Å². The molecule has 30 heavy (non-hydrogen) atoms. The van der Waals surface area contributed by atoms with Crippen LogP contribution in [0, 0.1) is 0 Å². The van der Waals surface area contributed by atoms with Crippen LogP contribution < -0.4 is 0 Å². The molecule has 4 nitrogen and oxygen atoms in total. The molecule has 1 amide bonds. The number of rotatable bonds is 4. The molecule has 0 unspecified atom stereocenters. The standard InChI is InChI=1S/C25H18N2O2S/c1-17(28)26-24-21(18-11-5-2-6-12-18)22(23(29)19-13-7-3-8-14-19)25(30-24)27-20-15-9-4-10-16-20/h2-16H,1H3. The number of thioether (sulfide) groups is 1. The van der Waals surface area contributed by atoms with Crippen LogP contribution in [0.25, 0.3) is 5.57 Å². The summed E-state index contributed by atoms with van der Waals surface area (Å²) in [6.45, 7) is 1.40. The van der Waals surface area contributed by atoms with Gasteiger partial charge in [-0.2, -0.15) is 0 Å². The molecule has 0 spiro atoms. The molecule has 3 aromatic carbocycles. The van der Waals surface area contributed by atoms with Gasteiger partial charge in [-0.15, -0.1) is 0 Å². The number of nitrogens with zero attached hydrogens (tertiary/aromatic N) is 2. The van der Waals surface area contributed by atoms with E-state index in [4.69, 9.17) is 4.99 Å². The summed E-state index contributed by atoms with van der Waals surface area (Å²) in [5.41, 5.74) is 3.21. The highest BCUT2D eigenvalue weighted by molar-refractivity contribution is 8.28. The van der Waals surface area contributed by atoms with E-state index in [1.165, 1.54) is 18.7 Å². The van der Waals surface area contributed by atoms with Crippen molar-refractivity contribution in [2.45, 2.75) is 6.92 Å². The third-order valence-electron chi connectivity index (χ3n) is 4.44. The Kier molecular flexibility index (Phi) is 5.82. The van der Waals surface area contributed by atoms with Crippen molar-refractivity contribution >= 4 is 44.8 Å². The number of benzene rings is 3. The maximum absolute atomic E-state index is 13.6. The third kappa shape index (κ3) is 4.21. The SMILES string of the molecule is CC(=O)N=C1SC(=Nc2ccccc2)C(C(=O)c2ccccc2)=C1c1ccccc1. The Hall–Kier alpha value is -3.57. The van der Waals surface area contributed by atoms with Gasteiger partial charge in [0.2, 0.25) is 5.91 Å². The zero-order valence-corrected chi connectivity index (χ0v) is 17.1. The molecule has 0 aliphatic carbocycles. The van der Waals surface area contributed by atoms with Crippen LogP contribution in [0.2, 0.25) is 0 Å². The molecule has 0 N–H and O–H groups in total. The monoisotopic (exact) mass is 410 g/mol. The van der Waals surface area contributed by atoms with Crippen molar-refractivity contribution in [1.29, 1.82) is 0 Å². The summed E-state index contributed by atoms with van der Waals surface area (Å²) >= 11 is 1.25. The highest BCUT2D eigenvalue weighted by Gasteiger charge is 2.34. The fourth-order valence-corrected chi connectivity index (χ4v) is 4.27. The molecular weight excluding hydrogens is 392 g/mol. The van der Waals surface area contributed by atoms with E-state index in [0.717, 1.165) is 11.3 Å². The minimum Gasteiger partial charge on any atom is -0.288 e. The number of hydrogen-bond donors (Lipinski definition) is 0. The van der Waals surface area contributed by atoms with Crippen molar-refractivity contribution in [3.05, 3.63) is 108 Å². The molecule has 0 saturated heterocycles. The molecule has 0 bridgehead atoms. The number of amides is 1. The van der Waals surface area contributed by atoms with Gasteiger partial charge >= 0.3 is 0 Å². The van der Waals surface area contributed by atoms with Crippen LogP contribution in [0.1, 0.15) is 22.8 Å². The fourth-order valence-electron chi connectivity index (χ4n) is 3.14. The minimum absolute atomic E-state index is 0.148. The molecule has 0 aromatic heterocycles. The molecule has 0 fully saturated rings. The first-order chi connectivity index (χ1) is 14.6. The fraction of sp³-hybridized carbons (Fsp3) is 0.0400. The molecule has 1 aliphatic heterocycles.